The summed E-state index contributed by atoms with van der Waals surface area (Å²) in [6.07, 6.45) is 1.47. The molecule has 3 rings (SSSR count). The highest BCUT2D eigenvalue weighted by atomic mass is 35.5. The molecule has 3 aromatic rings. The number of nitrogens with one attached hydrogen (secondary N) is 1. The first kappa shape index (κ1) is 29.4. The molecule has 39 heavy (non-hydrogen) atoms. The van der Waals surface area contributed by atoms with E-state index < -0.39 is 36.8 Å². The summed E-state index contributed by atoms with van der Waals surface area (Å²) < 4.78 is 21.3. The maximum absolute atomic E-state index is 13.0. The third kappa shape index (κ3) is 8.44. The highest BCUT2D eigenvalue weighted by molar-refractivity contribution is 6.30. The Bertz CT molecular complexity index is 1270. The van der Waals surface area contributed by atoms with Crippen LogP contribution >= 0.6 is 11.6 Å². The second kappa shape index (κ2) is 14.2. The lowest BCUT2D eigenvalue weighted by atomic mass is 9.88. The third-order valence-electron chi connectivity index (χ3n) is 5.94. The zero-order valence-corrected chi connectivity index (χ0v) is 22.9. The van der Waals surface area contributed by atoms with Gasteiger partial charge in [-0.05, 0) is 43.5 Å². The van der Waals surface area contributed by atoms with Crippen LogP contribution in [-0.4, -0.2) is 48.9 Å². The normalized spacial score (nSPS) is 12.9. The zero-order chi connectivity index (χ0) is 28.4. The van der Waals surface area contributed by atoms with Crippen molar-refractivity contribution in [2.24, 2.45) is 0 Å². The average molecular weight is 555 g/mol. The van der Waals surface area contributed by atoms with Crippen LogP contribution in [0.5, 0.6) is 11.5 Å². The number of ether oxygens (including phenoxy) is 4. The van der Waals surface area contributed by atoms with Crippen molar-refractivity contribution in [2.45, 2.75) is 45.3 Å². The third-order valence-corrected chi connectivity index (χ3v) is 6.19. The van der Waals surface area contributed by atoms with Crippen molar-refractivity contribution in [1.82, 2.24) is 10.3 Å². The summed E-state index contributed by atoms with van der Waals surface area (Å²) in [7, 11) is 1.39. The monoisotopic (exact) mass is 554 g/mol. The van der Waals surface area contributed by atoms with Crippen LogP contribution in [0.2, 0.25) is 5.02 Å². The molecule has 1 N–H and O–H groups in total. The van der Waals surface area contributed by atoms with Gasteiger partial charge in [-0.2, -0.15) is 0 Å². The number of carbonyl (C=O) groups is 3. The predicted molar refractivity (Wildman–Crippen MR) is 145 cm³/mol. The molecule has 0 aliphatic carbocycles. The summed E-state index contributed by atoms with van der Waals surface area (Å²) in [6, 6.07) is 17.8. The van der Waals surface area contributed by atoms with Crippen molar-refractivity contribution in [3.05, 3.63) is 88.7 Å². The number of esters is 2. The van der Waals surface area contributed by atoms with Crippen LogP contribution in [0.3, 0.4) is 0 Å². The number of pyridine rings is 1. The largest absolute Gasteiger partial charge is 0.493 e. The van der Waals surface area contributed by atoms with Crippen molar-refractivity contribution >= 4 is 29.4 Å². The maximum Gasteiger partial charge on any atom is 0.328 e. The van der Waals surface area contributed by atoms with E-state index in [0.717, 1.165) is 11.1 Å². The number of halogens is 1. The molecular formula is C29H31ClN2O7. The van der Waals surface area contributed by atoms with Crippen LogP contribution in [0.1, 0.15) is 48.3 Å². The van der Waals surface area contributed by atoms with E-state index >= 15 is 0 Å². The number of hydrogen-bond donors (Lipinski definition) is 1. The molecule has 0 radical (unpaired) electrons. The van der Waals surface area contributed by atoms with Gasteiger partial charge in [0.05, 0.1) is 7.11 Å². The molecule has 0 bridgehead atoms. The van der Waals surface area contributed by atoms with Crippen LogP contribution in [0.4, 0.5) is 0 Å². The Kier molecular flexibility index (Phi) is 10.7. The minimum atomic E-state index is -0.999. The van der Waals surface area contributed by atoms with Gasteiger partial charge in [0.2, 0.25) is 6.79 Å². The topological polar surface area (TPSA) is 113 Å². The Morgan fingerprint density at radius 1 is 1.00 bits per heavy atom. The molecule has 0 aliphatic rings. The summed E-state index contributed by atoms with van der Waals surface area (Å²) in [4.78, 5) is 41.2. The molecule has 10 heteroatoms. The number of rotatable bonds is 12. The molecule has 3 atom stereocenters. The SMILES string of the molecule is COc1ccnc(C(=O)N[C@@H](C)C(=O)O[C@@H](C)[C@H](Cc2ccc(Cl)cc2)c2ccccc2)c1OCOC(C)=O. The molecular weight excluding hydrogens is 524 g/mol. The van der Waals surface area contributed by atoms with Crippen LogP contribution in [-0.2, 0) is 25.5 Å². The molecule has 0 saturated carbocycles. The number of carbonyl (C=O) groups excluding carboxylic acids is 3. The number of nitrogens with zero attached hydrogens (tertiary/aromatic N) is 1. The molecule has 0 aliphatic heterocycles. The van der Waals surface area contributed by atoms with Crippen molar-refractivity contribution in [3.8, 4) is 11.5 Å². The van der Waals surface area contributed by atoms with E-state index in [-0.39, 0.29) is 23.1 Å². The Balaban J connectivity index is 1.71. The lowest BCUT2D eigenvalue weighted by molar-refractivity contribution is -0.151. The van der Waals surface area contributed by atoms with Gasteiger partial charge in [-0.25, -0.2) is 9.78 Å². The summed E-state index contributed by atoms with van der Waals surface area (Å²) in [5.74, 6) is -1.82. The summed E-state index contributed by atoms with van der Waals surface area (Å²) in [5, 5.41) is 3.24. The van der Waals surface area contributed by atoms with Crippen molar-refractivity contribution in [2.75, 3.05) is 13.9 Å². The van der Waals surface area contributed by atoms with Gasteiger partial charge in [-0.15, -0.1) is 0 Å². The number of hydrogen-bond acceptors (Lipinski definition) is 8. The molecule has 1 aromatic heterocycles. The van der Waals surface area contributed by atoms with Crippen LogP contribution < -0.4 is 14.8 Å². The average Bonchev–Trinajstić information content (AvgIpc) is 2.92. The number of methoxy groups -OCH3 is 1. The quantitative estimate of drug-likeness (QED) is 0.253. The van der Waals surface area contributed by atoms with Gasteiger partial charge in [-0.3, -0.25) is 9.59 Å². The van der Waals surface area contributed by atoms with Crippen LogP contribution in [0.15, 0.2) is 66.9 Å². The second-order valence-corrected chi connectivity index (χ2v) is 9.21. The molecule has 0 spiro atoms. The van der Waals surface area contributed by atoms with Crippen molar-refractivity contribution < 1.29 is 33.3 Å². The lowest BCUT2D eigenvalue weighted by Gasteiger charge is -2.26. The summed E-state index contributed by atoms with van der Waals surface area (Å²) in [5.41, 5.74) is 1.92. The van der Waals surface area contributed by atoms with Gasteiger partial charge >= 0.3 is 11.9 Å². The van der Waals surface area contributed by atoms with Crippen LogP contribution in [0.25, 0.3) is 0 Å². The van der Waals surface area contributed by atoms with Gasteiger partial charge in [0.25, 0.3) is 5.91 Å². The molecule has 2 aromatic carbocycles. The van der Waals surface area contributed by atoms with Gasteiger partial charge in [-0.1, -0.05) is 54.1 Å². The van der Waals surface area contributed by atoms with E-state index in [9.17, 15) is 14.4 Å². The van der Waals surface area contributed by atoms with Gasteiger partial charge < -0.3 is 24.3 Å². The number of benzene rings is 2. The second-order valence-electron chi connectivity index (χ2n) is 8.77. The highest BCUT2D eigenvalue weighted by Gasteiger charge is 2.28. The fourth-order valence-corrected chi connectivity index (χ4v) is 4.01. The first-order valence-corrected chi connectivity index (χ1v) is 12.7. The van der Waals surface area contributed by atoms with Crippen LogP contribution in [0, 0.1) is 0 Å². The molecule has 0 saturated heterocycles. The number of aromatic nitrogens is 1. The number of amides is 1. The summed E-state index contributed by atoms with van der Waals surface area (Å²) >= 11 is 6.04. The Morgan fingerprint density at radius 2 is 1.69 bits per heavy atom. The van der Waals surface area contributed by atoms with E-state index in [1.165, 1.54) is 33.2 Å². The Morgan fingerprint density at radius 3 is 2.33 bits per heavy atom. The van der Waals surface area contributed by atoms with Crippen molar-refractivity contribution in [1.29, 1.82) is 0 Å². The minimum Gasteiger partial charge on any atom is -0.493 e. The predicted octanol–water partition coefficient (Wildman–Crippen LogP) is 4.72. The first-order chi connectivity index (χ1) is 18.7. The molecule has 9 nitrogen and oxygen atoms in total. The fourth-order valence-electron chi connectivity index (χ4n) is 3.88. The maximum atomic E-state index is 13.0. The lowest BCUT2D eigenvalue weighted by Crippen LogP contribution is -2.41. The molecule has 0 fully saturated rings. The fraction of sp³-hybridized carbons (Fsp3) is 0.310. The molecule has 1 amide bonds. The van der Waals surface area contributed by atoms with Gasteiger partial charge in [0.15, 0.2) is 17.2 Å². The zero-order valence-electron chi connectivity index (χ0n) is 22.2. The Labute approximate surface area is 232 Å². The van der Waals surface area contributed by atoms with E-state index in [2.05, 4.69) is 10.3 Å². The van der Waals surface area contributed by atoms with E-state index in [1.54, 1.807) is 0 Å². The molecule has 206 valence electrons. The van der Waals surface area contributed by atoms with E-state index in [4.69, 9.17) is 30.5 Å². The summed E-state index contributed by atoms with van der Waals surface area (Å²) in [6.45, 7) is 4.12. The van der Waals surface area contributed by atoms with Crippen molar-refractivity contribution in [3.63, 3.8) is 0 Å². The van der Waals surface area contributed by atoms with Gasteiger partial charge in [0.1, 0.15) is 12.1 Å². The standard InChI is InChI=1S/C29H31ClN2O7/c1-18(32-28(34)26-27(38-17-37-20(3)33)25(36-4)14-15-31-26)29(35)39-19(2)24(22-8-6-5-7-9-22)16-21-10-12-23(30)13-11-21/h5-15,18-19,24H,16-17H2,1-4H3,(H,32,34)/t18-,19-,24-/m0/s1. The highest BCUT2D eigenvalue weighted by Crippen LogP contribution is 2.30. The molecule has 0 unspecified atom stereocenters. The Hall–Kier alpha value is -4.11. The first-order valence-electron chi connectivity index (χ1n) is 12.3. The van der Waals surface area contributed by atoms with E-state index in [0.29, 0.717) is 11.4 Å². The smallest absolute Gasteiger partial charge is 0.328 e. The molecule has 1 heterocycles. The van der Waals surface area contributed by atoms with Gasteiger partial charge in [0, 0.05) is 30.1 Å². The minimum absolute atomic E-state index is 0.0280. The van der Waals surface area contributed by atoms with E-state index in [1.807, 2.05) is 61.5 Å².